The Morgan fingerprint density at radius 3 is 2.57 bits per heavy atom. The first-order valence-electron chi connectivity index (χ1n) is 5.96. The van der Waals surface area contributed by atoms with Crippen molar-refractivity contribution >= 4 is 21.4 Å². The Labute approximate surface area is 122 Å². The van der Waals surface area contributed by atoms with Crippen LogP contribution in [0.1, 0.15) is 5.56 Å². The average molecular weight is 318 g/mol. The molecule has 0 fully saturated rings. The lowest BCUT2D eigenvalue weighted by molar-refractivity contribution is -0.384. The second-order valence-electron chi connectivity index (χ2n) is 4.36. The number of likely N-dealkylation sites (N-methyl/N-ethyl adjacent to an activating group) is 1. The first kappa shape index (κ1) is 17.3. The molecule has 1 aromatic carbocycles. The molecule has 0 heterocycles. The number of nitrogens with one attached hydrogen (secondary N) is 1. The fourth-order valence-corrected chi connectivity index (χ4v) is 3.11. The lowest BCUT2D eigenvalue weighted by atomic mass is 10.2. The molecule has 1 aromatic rings. The highest BCUT2D eigenvalue weighted by atomic mass is 32.2. The molecule has 9 nitrogen and oxygen atoms in total. The number of rotatable bonds is 7. The van der Waals surface area contributed by atoms with Gasteiger partial charge in [0.2, 0.25) is 10.0 Å². The lowest BCUT2D eigenvalue weighted by Crippen LogP contribution is -2.30. The molecule has 0 bridgehead atoms. The number of hydrogen-bond acceptors (Lipinski definition) is 7. The minimum atomic E-state index is -3.84. The number of methoxy groups -OCH3 is 1. The molecule has 0 radical (unpaired) electrons. The number of benzene rings is 1. The van der Waals surface area contributed by atoms with Crippen LogP contribution in [-0.2, 0) is 14.8 Å². The largest absolute Gasteiger partial charge is 0.383 e. The van der Waals surface area contributed by atoms with Gasteiger partial charge < -0.3 is 10.2 Å². The van der Waals surface area contributed by atoms with Gasteiger partial charge in [0.1, 0.15) is 5.69 Å². The Morgan fingerprint density at radius 1 is 1.48 bits per heavy atom. The van der Waals surface area contributed by atoms with E-state index < -0.39 is 20.6 Å². The van der Waals surface area contributed by atoms with Crippen LogP contribution in [0.4, 0.5) is 11.4 Å². The predicted octanol–water partition coefficient (Wildman–Crippen LogP) is 0.456. The third-order valence-electron chi connectivity index (χ3n) is 2.94. The highest BCUT2D eigenvalue weighted by Gasteiger charge is 2.27. The van der Waals surface area contributed by atoms with Crippen LogP contribution in [0.25, 0.3) is 0 Å². The molecular formula is C11H18N4O5S. The number of hydrazine groups is 1. The Morgan fingerprint density at radius 2 is 2.10 bits per heavy atom. The number of aryl methyl sites for hydroxylation is 1. The normalized spacial score (nSPS) is 11.7. The molecule has 0 aromatic heterocycles. The van der Waals surface area contributed by atoms with E-state index in [0.29, 0.717) is 5.56 Å². The number of nitro groups is 1. The summed E-state index contributed by atoms with van der Waals surface area (Å²) in [6, 6.07) is 2.33. The zero-order valence-electron chi connectivity index (χ0n) is 12.0. The molecule has 21 heavy (non-hydrogen) atoms. The molecule has 1 rings (SSSR count). The van der Waals surface area contributed by atoms with Crippen molar-refractivity contribution in [1.82, 2.24) is 4.31 Å². The maximum Gasteiger partial charge on any atom is 0.295 e. The molecule has 0 aliphatic heterocycles. The smallest absolute Gasteiger partial charge is 0.295 e. The molecule has 0 amide bonds. The number of nitrogen functional groups attached to an aromatic ring is 1. The summed E-state index contributed by atoms with van der Waals surface area (Å²) >= 11 is 0. The van der Waals surface area contributed by atoms with Crippen LogP contribution in [0.15, 0.2) is 17.0 Å². The summed E-state index contributed by atoms with van der Waals surface area (Å²) < 4.78 is 30.8. The quantitative estimate of drug-likeness (QED) is 0.424. The van der Waals surface area contributed by atoms with E-state index in [-0.39, 0.29) is 23.7 Å². The molecule has 0 saturated carbocycles. The van der Waals surface area contributed by atoms with Crippen LogP contribution in [0.3, 0.4) is 0 Å². The van der Waals surface area contributed by atoms with E-state index in [2.05, 4.69) is 5.43 Å². The van der Waals surface area contributed by atoms with Crippen molar-refractivity contribution in [2.75, 3.05) is 32.7 Å². The first-order valence-corrected chi connectivity index (χ1v) is 7.40. The van der Waals surface area contributed by atoms with Crippen molar-refractivity contribution in [2.24, 2.45) is 5.84 Å². The average Bonchev–Trinajstić information content (AvgIpc) is 2.43. The van der Waals surface area contributed by atoms with Gasteiger partial charge >= 0.3 is 0 Å². The van der Waals surface area contributed by atoms with E-state index in [0.717, 1.165) is 10.4 Å². The van der Waals surface area contributed by atoms with Crippen molar-refractivity contribution in [1.29, 1.82) is 0 Å². The molecule has 10 heteroatoms. The SMILES string of the molecule is COCCN(C)S(=O)(=O)c1cc([N+](=O)[O-])c(NN)cc1C. The molecular weight excluding hydrogens is 300 g/mol. The van der Waals surface area contributed by atoms with E-state index in [9.17, 15) is 18.5 Å². The summed E-state index contributed by atoms with van der Waals surface area (Å²) in [6.07, 6.45) is 0. The molecule has 0 saturated heterocycles. The van der Waals surface area contributed by atoms with Crippen LogP contribution in [0.5, 0.6) is 0 Å². The van der Waals surface area contributed by atoms with Crippen molar-refractivity contribution in [2.45, 2.75) is 11.8 Å². The highest BCUT2D eigenvalue weighted by Crippen LogP contribution is 2.31. The third-order valence-corrected chi connectivity index (χ3v) is 4.94. The zero-order valence-corrected chi connectivity index (χ0v) is 12.8. The maximum absolute atomic E-state index is 12.4. The van der Waals surface area contributed by atoms with Crippen molar-refractivity contribution in [3.05, 3.63) is 27.8 Å². The predicted molar refractivity (Wildman–Crippen MR) is 77.3 cm³/mol. The molecule has 0 spiro atoms. The molecule has 0 aliphatic carbocycles. The first-order chi connectivity index (χ1) is 9.75. The number of anilines is 1. The topological polar surface area (TPSA) is 128 Å². The molecule has 3 N–H and O–H groups in total. The van der Waals surface area contributed by atoms with Crippen LogP contribution in [-0.4, -0.2) is 45.0 Å². The molecule has 118 valence electrons. The van der Waals surface area contributed by atoms with Crippen LogP contribution in [0, 0.1) is 17.0 Å². The Hall–Kier alpha value is -1.75. The van der Waals surface area contributed by atoms with Gasteiger partial charge in [0, 0.05) is 26.8 Å². The monoisotopic (exact) mass is 318 g/mol. The van der Waals surface area contributed by atoms with E-state index in [1.54, 1.807) is 6.92 Å². The summed E-state index contributed by atoms with van der Waals surface area (Å²) in [5.41, 5.74) is 2.20. The third kappa shape index (κ3) is 3.67. The van der Waals surface area contributed by atoms with Gasteiger partial charge in [-0.05, 0) is 18.6 Å². The van der Waals surface area contributed by atoms with Gasteiger partial charge in [-0.2, -0.15) is 4.31 Å². The van der Waals surface area contributed by atoms with Crippen molar-refractivity contribution in [3.63, 3.8) is 0 Å². The van der Waals surface area contributed by atoms with E-state index in [4.69, 9.17) is 10.6 Å². The van der Waals surface area contributed by atoms with Gasteiger partial charge in [-0.3, -0.25) is 16.0 Å². The summed E-state index contributed by atoms with van der Waals surface area (Å²) in [5.74, 6) is 5.21. The van der Waals surface area contributed by atoms with E-state index in [1.807, 2.05) is 0 Å². The van der Waals surface area contributed by atoms with E-state index >= 15 is 0 Å². The fourth-order valence-electron chi connectivity index (χ4n) is 1.73. The maximum atomic E-state index is 12.4. The van der Waals surface area contributed by atoms with Crippen LogP contribution >= 0.6 is 0 Å². The minimum Gasteiger partial charge on any atom is -0.383 e. The second kappa shape index (κ2) is 6.80. The van der Waals surface area contributed by atoms with Crippen molar-refractivity contribution in [3.8, 4) is 0 Å². The van der Waals surface area contributed by atoms with Gasteiger partial charge in [0.25, 0.3) is 5.69 Å². The molecule has 0 atom stereocenters. The number of nitrogens with zero attached hydrogens (tertiary/aromatic N) is 2. The second-order valence-corrected chi connectivity index (χ2v) is 6.37. The Kier molecular flexibility index (Phi) is 5.61. The Balaban J connectivity index is 3.36. The van der Waals surface area contributed by atoms with Gasteiger partial charge in [0.15, 0.2) is 0 Å². The van der Waals surface area contributed by atoms with Gasteiger partial charge in [0.05, 0.1) is 16.4 Å². The Bertz CT molecular complexity index is 632. The number of ether oxygens (including phenoxy) is 1. The highest BCUT2D eigenvalue weighted by molar-refractivity contribution is 7.89. The summed E-state index contributed by atoms with van der Waals surface area (Å²) in [5, 5.41) is 11.0. The van der Waals surface area contributed by atoms with Gasteiger partial charge in [-0.15, -0.1) is 0 Å². The van der Waals surface area contributed by atoms with Crippen LogP contribution < -0.4 is 11.3 Å². The standard InChI is InChI=1S/C11H18N4O5S/c1-8-6-9(13-12)10(15(16)17)7-11(8)21(18,19)14(2)4-5-20-3/h6-7,13H,4-5,12H2,1-3H3. The zero-order chi connectivity index (χ0) is 16.2. The molecule has 0 aliphatic rings. The minimum absolute atomic E-state index is 0.0518. The van der Waals surface area contributed by atoms with Gasteiger partial charge in [-0.25, -0.2) is 8.42 Å². The molecule has 0 unspecified atom stereocenters. The van der Waals surface area contributed by atoms with Crippen LogP contribution in [0.2, 0.25) is 0 Å². The fraction of sp³-hybridized carbons (Fsp3) is 0.455. The number of hydrogen-bond donors (Lipinski definition) is 2. The number of sulfonamides is 1. The van der Waals surface area contributed by atoms with Gasteiger partial charge in [-0.1, -0.05) is 0 Å². The lowest BCUT2D eigenvalue weighted by Gasteiger charge is -2.18. The number of nitro benzene ring substituents is 1. The summed E-state index contributed by atoms with van der Waals surface area (Å²) in [6.45, 7) is 1.91. The summed E-state index contributed by atoms with van der Waals surface area (Å²) in [4.78, 5) is 10.2. The van der Waals surface area contributed by atoms with E-state index in [1.165, 1.54) is 20.2 Å². The van der Waals surface area contributed by atoms with Crippen molar-refractivity contribution < 1.29 is 18.1 Å². The summed E-state index contributed by atoms with van der Waals surface area (Å²) in [7, 11) is -1.00. The number of nitrogens with two attached hydrogens (primary N) is 1.